The molecule has 0 saturated heterocycles. The van der Waals surface area contributed by atoms with Crippen molar-refractivity contribution in [2.75, 3.05) is 11.5 Å². The summed E-state index contributed by atoms with van der Waals surface area (Å²) in [6, 6.07) is 3.25. The van der Waals surface area contributed by atoms with Crippen molar-refractivity contribution in [3.63, 3.8) is 0 Å². The molecule has 0 aliphatic rings. The average molecular weight is 209 g/mol. The van der Waals surface area contributed by atoms with Crippen LogP contribution in [0.2, 0.25) is 0 Å². The fraction of sp³-hybridized carbons (Fsp3) is 0. The van der Waals surface area contributed by atoms with E-state index in [1.807, 2.05) is 5.38 Å². The van der Waals surface area contributed by atoms with Gasteiger partial charge in [-0.25, -0.2) is 0 Å². The van der Waals surface area contributed by atoms with Crippen LogP contribution in [0.5, 0.6) is 0 Å². The Morgan fingerprint density at radius 2 is 2.07 bits per heavy atom. The molecule has 5 nitrogen and oxygen atoms in total. The molecule has 2 rings (SSSR count). The first-order chi connectivity index (χ1) is 6.61. The third-order valence-electron chi connectivity index (χ3n) is 2.02. The highest BCUT2D eigenvalue weighted by Gasteiger charge is 2.17. The van der Waals surface area contributed by atoms with Crippen LogP contribution in [0.4, 0.5) is 17.1 Å². The molecule has 1 aromatic heterocycles. The summed E-state index contributed by atoms with van der Waals surface area (Å²) >= 11 is 1.40. The van der Waals surface area contributed by atoms with Crippen LogP contribution < -0.4 is 11.5 Å². The predicted molar refractivity (Wildman–Crippen MR) is 57.3 cm³/mol. The maximum absolute atomic E-state index is 10.6. The summed E-state index contributed by atoms with van der Waals surface area (Å²) in [7, 11) is 0. The maximum Gasteiger partial charge on any atom is 0.295 e. The Balaban J connectivity index is 2.87. The number of hydrogen-bond donors (Lipinski definition) is 2. The van der Waals surface area contributed by atoms with E-state index in [9.17, 15) is 10.1 Å². The van der Waals surface area contributed by atoms with E-state index in [0.29, 0.717) is 0 Å². The van der Waals surface area contributed by atoms with Crippen LogP contribution in [0.15, 0.2) is 17.5 Å². The van der Waals surface area contributed by atoms with Crippen molar-refractivity contribution in [2.45, 2.75) is 0 Å². The fourth-order valence-corrected chi connectivity index (χ4v) is 2.13. The second kappa shape index (κ2) is 2.85. The van der Waals surface area contributed by atoms with Crippen LogP contribution in [0.3, 0.4) is 0 Å². The third-order valence-corrected chi connectivity index (χ3v) is 2.88. The molecule has 0 saturated carbocycles. The number of nitrogens with two attached hydrogens (primary N) is 2. The SMILES string of the molecule is Nc1c([N+](=O)[O-])cc2sccc2c1N. The number of nitrogens with zero attached hydrogens (tertiary/aromatic N) is 1. The quantitative estimate of drug-likeness (QED) is 0.426. The molecule has 6 heteroatoms. The number of hydrogen-bond acceptors (Lipinski definition) is 5. The average Bonchev–Trinajstić information content (AvgIpc) is 2.58. The highest BCUT2D eigenvalue weighted by molar-refractivity contribution is 7.17. The second-order valence-corrected chi connectivity index (χ2v) is 3.76. The van der Waals surface area contributed by atoms with Gasteiger partial charge >= 0.3 is 0 Å². The Kier molecular flexibility index (Phi) is 1.78. The molecule has 0 spiro atoms. The first-order valence-electron chi connectivity index (χ1n) is 3.81. The van der Waals surface area contributed by atoms with Gasteiger partial charge in [0.15, 0.2) is 0 Å². The number of anilines is 2. The molecule has 0 radical (unpaired) electrons. The summed E-state index contributed by atoms with van der Waals surface area (Å²) < 4.78 is 0.781. The van der Waals surface area contributed by atoms with E-state index in [1.165, 1.54) is 17.4 Å². The normalized spacial score (nSPS) is 10.6. The molecule has 0 bridgehead atoms. The second-order valence-electron chi connectivity index (χ2n) is 2.81. The van der Waals surface area contributed by atoms with Crippen LogP contribution in [-0.4, -0.2) is 4.92 Å². The first-order valence-corrected chi connectivity index (χ1v) is 4.68. The molecule has 0 aliphatic carbocycles. The zero-order valence-electron chi connectivity index (χ0n) is 7.06. The van der Waals surface area contributed by atoms with Crippen LogP contribution in [0.25, 0.3) is 10.1 Å². The number of rotatable bonds is 1. The largest absolute Gasteiger partial charge is 0.396 e. The van der Waals surface area contributed by atoms with Gasteiger partial charge in [-0.3, -0.25) is 10.1 Å². The van der Waals surface area contributed by atoms with E-state index >= 15 is 0 Å². The zero-order chi connectivity index (χ0) is 10.3. The molecule has 72 valence electrons. The molecule has 0 fully saturated rings. The monoisotopic (exact) mass is 209 g/mol. The highest BCUT2D eigenvalue weighted by atomic mass is 32.1. The maximum atomic E-state index is 10.6. The number of thiophene rings is 1. The van der Waals surface area contributed by atoms with Crippen LogP contribution >= 0.6 is 11.3 Å². The lowest BCUT2D eigenvalue weighted by molar-refractivity contribution is -0.383. The molecular weight excluding hydrogens is 202 g/mol. The number of benzene rings is 1. The van der Waals surface area contributed by atoms with Gasteiger partial charge < -0.3 is 11.5 Å². The Morgan fingerprint density at radius 1 is 1.36 bits per heavy atom. The van der Waals surface area contributed by atoms with Gasteiger partial charge in [0, 0.05) is 16.2 Å². The van der Waals surface area contributed by atoms with Crippen molar-refractivity contribution in [1.29, 1.82) is 0 Å². The standard InChI is InChI=1S/C8H7N3O2S/c9-7-4-1-2-14-6(4)3-5(8(7)10)11(12)13/h1-3H,9-10H2. The van der Waals surface area contributed by atoms with Crippen molar-refractivity contribution < 1.29 is 4.92 Å². The van der Waals surface area contributed by atoms with Gasteiger partial charge in [-0.15, -0.1) is 11.3 Å². The summed E-state index contributed by atoms with van der Waals surface area (Å²) in [5.41, 5.74) is 11.4. The molecule has 2 aromatic rings. The number of nitro groups is 1. The van der Waals surface area contributed by atoms with E-state index in [0.717, 1.165) is 10.1 Å². The number of nitrogen functional groups attached to an aromatic ring is 2. The van der Waals surface area contributed by atoms with Crippen molar-refractivity contribution in [3.05, 3.63) is 27.6 Å². The molecule has 1 aromatic carbocycles. The van der Waals surface area contributed by atoms with Gasteiger partial charge in [0.25, 0.3) is 5.69 Å². The lowest BCUT2D eigenvalue weighted by Gasteiger charge is -2.02. The van der Waals surface area contributed by atoms with Crippen molar-refractivity contribution in [3.8, 4) is 0 Å². The number of fused-ring (bicyclic) bond motifs is 1. The first kappa shape index (κ1) is 8.76. The Morgan fingerprint density at radius 3 is 2.71 bits per heavy atom. The van der Waals surface area contributed by atoms with Crippen LogP contribution in [-0.2, 0) is 0 Å². The highest BCUT2D eigenvalue weighted by Crippen LogP contribution is 2.37. The molecule has 0 atom stereocenters. The molecular formula is C8H7N3O2S. The topological polar surface area (TPSA) is 95.2 Å². The van der Waals surface area contributed by atoms with Gasteiger partial charge in [-0.05, 0) is 11.4 Å². The van der Waals surface area contributed by atoms with E-state index in [2.05, 4.69) is 0 Å². The summed E-state index contributed by atoms with van der Waals surface area (Å²) in [5.74, 6) is 0. The predicted octanol–water partition coefficient (Wildman–Crippen LogP) is 1.97. The van der Waals surface area contributed by atoms with Gasteiger partial charge in [-0.2, -0.15) is 0 Å². The van der Waals surface area contributed by atoms with Gasteiger partial charge in [0.1, 0.15) is 5.69 Å². The van der Waals surface area contributed by atoms with E-state index in [-0.39, 0.29) is 17.1 Å². The lowest BCUT2D eigenvalue weighted by atomic mass is 10.2. The summed E-state index contributed by atoms with van der Waals surface area (Å²) in [4.78, 5) is 10.1. The van der Waals surface area contributed by atoms with Crippen LogP contribution in [0, 0.1) is 10.1 Å². The lowest BCUT2D eigenvalue weighted by Crippen LogP contribution is -2.00. The summed E-state index contributed by atoms with van der Waals surface area (Å²) in [5, 5.41) is 13.2. The summed E-state index contributed by atoms with van der Waals surface area (Å²) in [6.45, 7) is 0. The molecule has 0 aliphatic heterocycles. The molecule has 0 unspecified atom stereocenters. The van der Waals surface area contributed by atoms with Crippen molar-refractivity contribution in [1.82, 2.24) is 0 Å². The van der Waals surface area contributed by atoms with E-state index in [1.54, 1.807) is 6.07 Å². The number of nitro benzene ring substituents is 1. The Hall–Kier alpha value is -1.82. The molecule has 1 heterocycles. The Bertz CT molecular complexity index is 521. The minimum atomic E-state index is -0.523. The minimum absolute atomic E-state index is 0.0425. The zero-order valence-corrected chi connectivity index (χ0v) is 7.88. The smallest absolute Gasteiger partial charge is 0.295 e. The van der Waals surface area contributed by atoms with E-state index in [4.69, 9.17) is 11.5 Å². The molecule has 14 heavy (non-hydrogen) atoms. The van der Waals surface area contributed by atoms with Gasteiger partial charge in [0.05, 0.1) is 10.6 Å². The van der Waals surface area contributed by atoms with Crippen molar-refractivity contribution >= 4 is 38.5 Å². The molecule has 4 N–H and O–H groups in total. The third kappa shape index (κ3) is 1.08. The van der Waals surface area contributed by atoms with Crippen LogP contribution in [0.1, 0.15) is 0 Å². The fourth-order valence-electron chi connectivity index (χ4n) is 1.29. The van der Waals surface area contributed by atoms with E-state index < -0.39 is 4.92 Å². The summed E-state index contributed by atoms with van der Waals surface area (Å²) in [6.07, 6.45) is 0. The van der Waals surface area contributed by atoms with Crippen molar-refractivity contribution in [2.24, 2.45) is 0 Å². The van der Waals surface area contributed by atoms with Gasteiger partial charge in [-0.1, -0.05) is 0 Å². The minimum Gasteiger partial charge on any atom is -0.396 e. The van der Waals surface area contributed by atoms with Gasteiger partial charge in [0.2, 0.25) is 0 Å². The Labute approximate surface area is 83.1 Å². The molecule has 0 amide bonds.